The van der Waals surface area contributed by atoms with Gasteiger partial charge in [-0.1, -0.05) is 23.7 Å². The molecule has 3 heteroatoms. The Labute approximate surface area is 61.3 Å². The van der Waals surface area contributed by atoms with Crippen LogP contribution in [0.15, 0.2) is 29.1 Å². The summed E-state index contributed by atoms with van der Waals surface area (Å²) in [6, 6.07) is 7.54. The van der Waals surface area contributed by atoms with Crippen LogP contribution in [-0.2, 0) is 0 Å². The van der Waals surface area contributed by atoms with E-state index in [4.69, 9.17) is 0 Å². The van der Waals surface area contributed by atoms with Crippen LogP contribution in [0.25, 0.3) is 10.1 Å². The van der Waals surface area contributed by atoms with Crippen molar-refractivity contribution in [2.24, 2.45) is 0 Å². The van der Waals surface area contributed by atoms with E-state index in [1.807, 2.05) is 24.3 Å². The highest BCUT2D eigenvalue weighted by molar-refractivity contribution is 7.13. The third kappa shape index (κ3) is 0.675. The van der Waals surface area contributed by atoms with Gasteiger partial charge in [0.2, 0.25) is 0 Å². The minimum Gasteiger partial charge on any atom is -0.277 e. The van der Waals surface area contributed by atoms with E-state index in [9.17, 15) is 4.79 Å². The molecule has 0 saturated heterocycles. The summed E-state index contributed by atoms with van der Waals surface area (Å²) in [5.74, 6) is 0. The quantitative estimate of drug-likeness (QED) is 0.617. The third-order valence-electron chi connectivity index (χ3n) is 1.39. The predicted molar refractivity (Wildman–Crippen MR) is 42.4 cm³/mol. The summed E-state index contributed by atoms with van der Waals surface area (Å²) in [7, 11) is 0. The van der Waals surface area contributed by atoms with E-state index >= 15 is 0 Å². The molecule has 0 spiro atoms. The van der Waals surface area contributed by atoms with Crippen molar-refractivity contribution in [2.45, 2.75) is 0 Å². The second kappa shape index (κ2) is 1.95. The third-order valence-corrected chi connectivity index (χ3v) is 2.25. The van der Waals surface area contributed by atoms with E-state index in [0.29, 0.717) is 0 Å². The molecule has 1 N–H and O–H groups in total. The molecule has 0 atom stereocenters. The van der Waals surface area contributed by atoms with Crippen LogP contribution in [0.4, 0.5) is 0 Å². The number of H-pyrrole nitrogens is 1. The lowest BCUT2D eigenvalue weighted by atomic mass is 10.7. The van der Waals surface area contributed by atoms with Crippen molar-refractivity contribution >= 4 is 21.6 Å². The normalized spacial score (nSPS) is 10.4. The van der Waals surface area contributed by atoms with Crippen molar-refractivity contribution in [1.82, 2.24) is 4.37 Å². The van der Waals surface area contributed by atoms with E-state index in [1.165, 1.54) is 11.5 Å². The monoisotopic (exact) mass is 156 g/mol. The highest BCUT2D eigenvalue weighted by atomic mass is 32.1. The predicted octanol–water partition coefficient (Wildman–Crippen LogP) is 1.59. The molecule has 2 aromatic rings. The van der Waals surface area contributed by atoms with E-state index in [-0.39, 0.29) is 5.56 Å². The number of aromatic nitrogens is 1. The zero-order valence-corrected chi connectivity index (χ0v) is 5.94. The molecule has 1 aromatic heterocycles. The lowest BCUT2D eigenvalue weighted by Gasteiger charge is -1.79. The standard InChI is InChI=1S/C7H5NOS/c9-7-5-3-1-2-4-6(5)10-8-7/h1-4H,(H,8,9)/i1+1,2+1,3+1,4+1,6+1. The van der Waals surface area contributed by atoms with Crippen LogP contribution in [-0.4, -0.2) is 4.37 Å². The van der Waals surface area contributed by atoms with Gasteiger partial charge in [0.05, 0.1) is 10.1 Å². The topological polar surface area (TPSA) is 32.9 Å². The van der Waals surface area contributed by atoms with Crippen molar-refractivity contribution < 1.29 is 0 Å². The van der Waals surface area contributed by atoms with Gasteiger partial charge < -0.3 is 0 Å². The fourth-order valence-corrected chi connectivity index (χ4v) is 1.63. The summed E-state index contributed by atoms with van der Waals surface area (Å²) in [5, 5.41) is 0.785. The van der Waals surface area contributed by atoms with Crippen molar-refractivity contribution in [3.05, 3.63) is 34.6 Å². The van der Waals surface area contributed by atoms with Crippen molar-refractivity contribution in [1.29, 1.82) is 0 Å². The summed E-state index contributed by atoms with van der Waals surface area (Å²) < 4.78 is 3.68. The molecule has 0 fully saturated rings. The Bertz CT molecular complexity index is 401. The number of aromatic amines is 1. The summed E-state index contributed by atoms with van der Waals surface area (Å²) in [6.07, 6.45) is 0. The van der Waals surface area contributed by atoms with Gasteiger partial charge in [-0.05, 0) is 12.1 Å². The van der Waals surface area contributed by atoms with E-state index in [1.54, 1.807) is 0 Å². The van der Waals surface area contributed by atoms with Crippen molar-refractivity contribution in [3.63, 3.8) is 0 Å². The molecule has 0 unspecified atom stereocenters. The van der Waals surface area contributed by atoms with Gasteiger partial charge in [0.1, 0.15) is 0 Å². The number of hydrogen-bond donors (Lipinski definition) is 1. The Morgan fingerprint density at radius 2 is 2.10 bits per heavy atom. The summed E-state index contributed by atoms with van der Waals surface area (Å²) in [4.78, 5) is 10.9. The Morgan fingerprint density at radius 3 is 2.90 bits per heavy atom. The maximum atomic E-state index is 10.9. The van der Waals surface area contributed by atoms with E-state index in [0.717, 1.165) is 10.1 Å². The molecule has 1 aromatic carbocycles. The average Bonchev–Trinajstić information content (AvgIpc) is 2.34. The van der Waals surface area contributed by atoms with Gasteiger partial charge in [-0.3, -0.25) is 9.17 Å². The molecule has 2 rings (SSSR count). The van der Waals surface area contributed by atoms with Gasteiger partial charge in [-0.15, -0.1) is 0 Å². The van der Waals surface area contributed by atoms with Gasteiger partial charge in [-0.25, -0.2) is 0 Å². The minimum atomic E-state index is 0.0144. The second-order valence-corrected chi connectivity index (χ2v) is 2.88. The zero-order valence-electron chi connectivity index (χ0n) is 5.13. The first-order valence-corrected chi connectivity index (χ1v) is 3.76. The lowest BCUT2D eigenvalue weighted by molar-refractivity contribution is 1.46. The van der Waals surface area contributed by atoms with Crippen LogP contribution >= 0.6 is 11.5 Å². The molecule has 0 aliphatic rings. The Balaban J connectivity index is 3.07. The van der Waals surface area contributed by atoms with Crippen molar-refractivity contribution in [3.8, 4) is 0 Å². The van der Waals surface area contributed by atoms with E-state index < -0.39 is 0 Å². The number of benzene rings is 1. The van der Waals surface area contributed by atoms with E-state index in [2.05, 4.69) is 4.37 Å². The van der Waals surface area contributed by atoms with Gasteiger partial charge >= 0.3 is 0 Å². The molecule has 0 radical (unpaired) electrons. The molecule has 0 bridgehead atoms. The largest absolute Gasteiger partial charge is 0.277 e. The first kappa shape index (κ1) is 5.68. The number of hydrogen-bond acceptors (Lipinski definition) is 2. The molecule has 50 valence electrons. The number of rotatable bonds is 0. The fraction of sp³-hybridized carbons (Fsp3) is 0. The second-order valence-electron chi connectivity index (χ2n) is 2.03. The molecular formula is C7H5NOS. The van der Waals surface area contributed by atoms with Crippen LogP contribution in [0.1, 0.15) is 0 Å². The Morgan fingerprint density at radius 1 is 1.30 bits per heavy atom. The van der Waals surface area contributed by atoms with Gasteiger partial charge in [-0.2, -0.15) is 0 Å². The maximum Gasteiger partial charge on any atom is 0.265 e. The Kier molecular flexibility index (Phi) is 1.11. The molecule has 0 aliphatic heterocycles. The highest BCUT2D eigenvalue weighted by Gasteiger charge is 1.96. The van der Waals surface area contributed by atoms with Gasteiger partial charge in [0, 0.05) is 0 Å². The van der Waals surface area contributed by atoms with Crippen LogP contribution in [0.2, 0.25) is 0 Å². The summed E-state index contributed by atoms with van der Waals surface area (Å²) in [6.45, 7) is 0. The number of nitrogens with one attached hydrogen (secondary N) is 1. The van der Waals surface area contributed by atoms with Crippen LogP contribution in [0.5, 0.6) is 0 Å². The SMILES string of the molecule is O=c1[nH]s[13c]2[13cH][13cH][13cH][13cH]c12. The van der Waals surface area contributed by atoms with Gasteiger partial charge in [0.25, 0.3) is 5.56 Å². The molecule has 0 aliphatic carbocycles. The molecule has 1 heterocycles. The van der Waals surface area contributed by atoms with Gasteiger partial charge in [0.15, 0.2) is 0 Å². The number of fused-ring (bicyclic) bond motifs is 1. The van der Waals surface area contributed by atoms with Crippen LogP contribution in [0, 0.1) is 0 Å². The Hall–Kier alpha value is -1.09. The molecule has 0 amide bonds. The minimum absolute atomic E-state index is 0.0144. The summed E-state index contributed by atoms with van der Waals surface area (Å²) >= 11 is 1.38. The smallest absolute Gasteiger partial charge is 0.265 e. The fourth-order valence-electron chi connectivity index (χ4n) is 0.900. The first-order chi connectivity index (χ1) is 4.88. The molecular weight excluding hydrogens is 151 g/mol. The molecule has 2 nitrogen and oxygen atoms in total. The zero-order chi connectivity index (χ0) is 6.97. The van der Waals surface area contributed by atoms with Crippen molar-refractivity contribution in [2.75, 3.05) is 0 Å². The highest BCUT2D eigenvalue weighted by Crippen LogP contribution is 2.11. The summed E-state index contributed by atoms with van der Waals surface area (Å²) in [5.41, 5.74) is 0.0144. The average molecular weight is 156 g/mol. The maximum absolute atomic E-state index is 10.9. The first-order valence-electron chi connectivity index (χ1n) is 2.94. The molecule has 10 heavy (non-hydrogen) atoms. The lowest BCUT2D eigenvalue weighted by Crippen LogP contribution is -1.94. The van der Waals surface area contributed by atoms with Crippen LogP contribution < -0.4 is 5.56 Å². The van der Waals surface area contributed by atoms with Crippen LogP contribution in [0.3, 0.4) is 0 Å². The molecule has 0 saturated carbocycles.